The standard InChI is InChI=1S/C15H21ClN2O/c1-10(2)11(3)9-18-14-7-12(19-4)5-6-13(14)17-15(18)8-16/h5-7,10-11H,8-9H2,1-4H3. The number of ether oxygens (including phenoxy) is 1. The summed E-state index contributed by atoms with van der Waals surface area (Å²) in [5.41, 5.74) is 2.08. The van der Waals surface area contributed by atoms with E-state index in [2.05, 4.69) is 30.3 Å². The molecule has 1 aromatic heterocycles. The predicted molar refractivity (Wildman–Crippen MR) is 79.8 cm³/mol. The van der Waals surface area contributed by atoms with Gasteiger partial charge in [0.2, 0.25) is 0 Å². The lowest BCUT2D eigenvalue weighted by Gasteiger charge is -2.18. The number of hydrogen-bond donors (Lipinski definition) is 0. The fraction of sp³-hybridized carbons (Fsp3) is 0.533. The highest BCUT2D eigenvalue weighted by atomic mass is 35.5. The van der Waals surface area contributed by atoms with Gasteiger partial charge in [-0.15, -0.1) is 11.6 Å². The maximum atomic E-state index is 6.03. The number of hydrogen-bond acceptors (Lipinski definition) is 2. The van der Waals surface area contributed by atoms with Crippen LogP contribution in [-0.2, 0) is 12.4 Å². The van der Waals surface area contributed by atoms with E-state index in [4.69, 9.17) is 16.3 Å². The average molecular weight is 281 g/mol. The number of rotatable bonds is 5. The molecule has 0 saturated carbocycles. The molecule has 0 radical (unpaired) electrons. The Morgan fingerprint density at radius 3 is 2.63 bits per heavy atom. The lowest BCUT2D eigenvalue weighted by atomic mass is 9.98. The number of nitrogens with zero attached hydrogens (tertiary/aromatic N) is 2. The number of benzene rings is 1. The van der Waals surface area contributed by atoms with Gasteiger partial charge in [-0.05, 0) is 24.0 Å². The third-order valence-corrected chi connectivity index (χ3v) is 4.00. The number of methoxy groups -OCH3 is 1. The van der Waals surface area contributed by atoms with Crippen molar-refractivity contribution in [2.45, 2.75) is 33.2 Å². The van der Waals surface area contributed by atoms with Gasteiger partial charge in [0.25, 0.3) is 0 Å². The van der Waals surface area contributed by atoms with Gasteiger partial charge in [-0.3, -0.25) is 0 Å². The third kappa shape index (κ3) is 2.86. The van der Waals surface area contributed by atoms with Gasteiger partial charge in [0.1, 0.15) is 11.6 Å². The van der Waals surface area contributed by atoms with Crippen molar-refractivity contribution in [2.24, 2.45) is 11.8 Å². The van der Waals surface area contributed by atoms with Crippen LogP contribution in [0.15, 0.2) is 18.2 Å². The highest BCUT2D eigenvalue weighted by Gasteiger charge is 2.15. The fourth-order valence-corrected chi connectivity index (χ4v) is 2.29. The summed E-state index contributed by atoms with van der Waals surface area (Å²) in [7, 11) is 1.68. The van der Waals surface area contributed by atoms with Crippen molar-refractivity contribution in [1.29, 1.82) is 0 Å². The lowest BCUT2D eigenvalue weighted by molar-refractivity contribution is 0.365. The van der Waals surface area contributed by atoms with Gasteiger partial charge in [-0.2, -0.15) is 0 Å². The molecule has 0 spiro atoms. The Bertz CT molecular complexity index is 563. The topological polar surface area (TPSA) is 27.1 Å². The molecule has 0 fully saturated rings. The smallest absolute Gasteiger partial charge is 0.124 e. The van der Waals surface area contributed by atoms with Crippen molar-refractivity contribution in [3.8, 4) is 5.75 Å². The molecule has 2 aromatic rings. The monoisotopic (exact) mass is 280 g/mol. The van der Waals surface area contributed by atoms with Crippen molar-refractivity contribution in [3.05, 3.63) is 24.0 Å². The quantitative estimate of drug-likeness (QED) is 0.772. The van der Waals surface area contributed by atoms with Gasteiger partial charge in [0, 0.05) is 12.6 Å². The summed E-state index contributed by atoms with van der Waals surface area (Å²) in [5.74, 6) is 3.42. The molecular weight excluding hydrogens is 260 g/mol. The van der Waals surface area contributed by atoms with Gasteiger partial charge in [0.05, 0.1) is 24.0 Å². The van der Waals surface area contributed by atoms with E-state index >= 15 is 0 Å². The summed E-state index contributed by atoms with van der Waals surface area (Å²) in [6.45, 7) is 7.67. The van der Waals surface area contributed by atoms with Crippen LogP contribution < -0.4 is 4.74 Å². The first-order valence-corrected chi connectivity index (χ1v) is 7.19. The van der Waals surface area contributed by atoms with Crippen LogP contribution in [0.25, 0.3) is 11.0 Å². The van der Waals surface area contributed by atoms with Crippen molar-refractivity contribution in [1.82, 2.24) is 9.55 Å². The van der Waals surface area contributed by atoms with Crippen molar-refractivity contribution >= 4 is 22.6 Å². The molecule has 1 atom stereocenters. The molecular formula is C15H21ClN2O. The molecule has 1 aromatic carbocycles. The minimum Gasteiger partial charge on any atom is -0.497 e. The Hall–Kier alpha value is -1.22. The average Bonchev–Trinajstić information content (AvgIpc) is 2.75. The van der Waals surface area contributed by atoms with Crippen molar-refractivity contribution < 1.29 is 4.74 Å². The van der Waals surface area contributed by atoms with Gasteiger partial charge in [-0.25, -0.2) is 4.98 Å². The molecule has 0 N–H and O–H groups in total. The van der Waals surface area contributed by atoms with E-state index < -0.39 is 0 Å². The van der Waals surface area contributed by atoms with E-state index in [1.54, 1.807) is 7.11 Å². The first kappa shape index (κ1) is 14.2. The molecule has 3 nitrogen and oxygen atoms in total. The van der Waals surface area contributed by atoms with Crippen LogP contribution in [0.3, 0.4) is 0 Å². The summed E-state index contributed by atoms with van der Waals surface area (Å²) in [6.07, 6.45) is 0. The van der Waals surface area contributed by atoms with E-state index in [0.29, 0.717) is 17.7 Å². The molecule has 1 heterocycles. The van der Waals surface area contributed by atoms with Crippen LogP contribution in [0.5, 0.6) is 5.75 Å². The number of halogens is 1. The van der Waals surface area contributed by atoms with Crippen LogP contribution >= 0.6 is 11.6 Å². The second kappa shape index (κ2) is 5.83. The minimum atomic E-state index is 0.432. The van der Waals surface area contributed by atoms with E-state index in [1.165, 1.54) is 0 Å². The zero-order valence-electron chi connectivity index (χ0n) is 12.0. The second-order valence-electron chi connectivity index (χ2n) is 5.35. The number of imidazole rings is 1. The highest BCUT2D eigenvalue weighted by molar-refractivity contribution is 6.16. The summed E-state index contributed by atoms with van der Waals surface area (Å²) >= 11 is 6.03. The van der Waals surface area contributed by atoms with Gasteiger partial charge in [-0.1, -0.05) is 20.8 Å². The first-order chi connectivity index (χ1) is 9.06. The number of aromatic nitrogens is 2. The number of fused-ring (bicyclic) bond motifs is 1. The largest absolute Gasteiger partial charge is 0.497 e. The maximum Gasteiger partial charge on any atom is 0.124 e. The predicted octanol–water partition coefficient (Wildman–Crippen LogP) is 4.08. The summed E-state index contributed by atoms with van der Waals surface area (Å²) < 4.78 is 7.52. The van der Waals surface area contributed by atoms with E-state index in [9.17, 15) is 0 Å². The lowest BCUT2D eigenvalue weighted by Crippen LogP contribution is -2.14. The van der Waals surface area contributed by atoms with Crippen LogP contribution in [0.1, 0.15) is 26.6 Å². The minimum absolute atomic E-state index is 0.432. The summed E-state index contributed by atoms with van der Waals surface area (Å²) in [4.78, 5) is 4.59. The molecule has 2 rings (SSSR count). The highest BCUT2D eigenvalue weighted by Crippen LogP contribution is 2.25. The molecule has 4 heteroatoms. The zero-order valence-corrected chi connectivity index (χ0v) is 12.7. The third-order valence-electron chi connectivity index (χ3n) is 3.76. The molecule has 19 heavy (non-hydrogen) atoms. The Kier molecular flexibility index (Phi) is 4.35. The molecule has 0 aliphatic heterocycles. The zero-order chi connectivity index (χ0) is 14.0. The molecule has 0 aliphatic rings. The second-order valence-corrected chi connectivity index (χ2v) is 5.62. The Morgan fingerprint density at radius 1 is 1.32 bits per heavy atom. The molecule has 104 valence electrons. The van der Waals surface area contributed by atoms with Crippen LogP contribution in [-0.4, -0.2) is 16.7 Å². The van der Waals surface area contributed by atoms with Crippen molar-refractivity contribution in [3.63, 3.8) is 0 Å². The van der Waals surface area contributed by atoms with E-state index in [1.807, 2.05) is 18.2 Å². The van der Waals surface area contributed by atoms with Gasteiger partial charge >= 0.3 is 0 Å². The maximum absolute atomic E-state index is 6.03. The Balaban J connectivity index is 2.48. The normalized spacial score (nSPS) is 13.2. The molecule has 0 bridgehead atoms. The Labute approximate surface area is 119 Å². The molecule has 0 saturated heterocycles. The molecule has 0 aliphatic carbocycles. The van der Waals surface area contributed by atoms with E-state index in [-0.39, 0.29) is 0 Å². The van der Waals surface area contributed by atoms with Gasteiger partial charge in [0.15, 0.2) is 0 Å². The SMILES string of the molecule is COc1ccc2nc(CCl)n(CC(C)C(C)C)c2c1. The van der Waals surface area contributed by atoms with E-state index in [0.717, 1.165) is 29.2 Å². The fourth-order valence-electron chi connectivity index (χ4n) is 2.08. The molecule has 1 unspecified atom stereocenters. The summed E-state index contributed by atoms with van der Waals surface area (Å²) in [6, 6.07) is 5.95. The van der Waals surface area contributed by atoms with Gasteiger partial charge < -0.3 is 9.30 Å². The van der Waals surface area contributed by atoms with Crippen LogP contribution in [0.2, 0.25) is 0 Å². The Morgan fingerprint density at radius 2 is 2.05 bits per heavy atom. The van der Waals surface area contributed by atoms with Crippen LogP contribution in [0, 0.1) is 11.8 Å². The van der Waals surface area contributed by atoms with Crippen molar-refractivity contribution in [2.75, 3.05) is 7.11 Å². The number of alkyl halides is 1. The summed E-state index contributed by atoms with van der Waals surface area (Å²) in [5, 5.41) is 0. The first-order valence-electron chi connectivity index (χ1n) is 6.66. The molecule has 0 amide bonds. The van der Waals surface area contributed by atoms with Crippen LogP contribution in [0.4, 0.5) is 0 Å².